The second-order valence-electron chi connectivity index (χ2n) is 5.80. The van der Waals surface area contributed by atoms with Crippen LogP contribution in [0.15, 0.2) is 42.7 Å². The fourth-order valence-corrected chi connectivity index (χ4v) is 3.00. The number of carbonyl (C=O) groups is 1. The zero-order valence-electron chi connectivity index (χ0n) is 12.4. The maximum Gasteiger partial charge on any atom is 0.225 e. The van der Waals surface area contributed by atoms with E-state index in [1.165, 1.54) is 12.8 Å². The molecule has 0 radical (unpaired) electrons. The quantitative estimate of drug-likeness (QED) is 0.865. The fourth-order valence-electron chi connectivity index (χ4n) is 3.00. The van der Waals surface area contributed by atoms with Crippen molar-refractivity contribution >= 4 is 5.91 Å². The number of carbonyl (C=O) groups excluding carboxylic acids is 1. The van der Waals surface area contributed by atoms with Crippen LogP contribution in [-0.2, 0) is 11.3 Å². The number of nitrogens with zero attached hydrogens (tertiary/aromatic N) is 3. The van der Waals surface area contributed by atoms with Gasteiger partial charge in [0.15, 0.2) is 0 Å². The van der Waals surface area contributed by atoms with E-state index in [1.807, 2.05) is 59.4 Å². The average Bonchev–Trinajstić information content (AvgIpc) is 3.19. The molecule has 110 valence electrons. The third kappa shape index (κ3) is 3.15. The second-order valence-corrected chi connectivity index (χ2v) is 5.80. The van der Waals surface area contributed by atoms with Gasteiger partial charge in [0.05, 0.1) is 11.9 Å². The van der Waals surface area contributed by atoms with Crippen molar-refractivity contribution in [3.05, 3.63) is 48.3 Å². The van der Waals surface area contributed by atoms with Gasteiger partial charge in [-0.05, 0) is 25.0 Å². The maximum atomic E-state index is 12.3. The second kappa shape index (κ2) is 6.12. The molecule has 1 fully saturated rings. The molecule has 0 unspecified atom stereocenters. The predicted octanol–water partition coefficient (Wildman–Crippen LogP) is 3.02. The molecule has 4 nitrogen and oxygen atoms in total. The van der Waals surface area contributed by atoms with Gasteiger partial charge >= 0.3 is 0 Å². The molecule has 0 aliphatic heterocycles. The summed E-state index contributed by atoms with van der Waals surface area (Å²) in [6.45, 7) is 0.627. The Morgan fingerprint density at radius 3 is 2.71 bits per heavy atom. The van der Waals surface area contributed by atoms with E-state index in [4.69, 9.17) is 0 Å². The number of rotatable bonds is 4. The van der Waals surface area contributed by atoms with Gasteiger partial charge in [-0.25, -0.2) is 4.68 Å². The van der Waals surface area contributed by atoms with Gasteiger partial charge in [-0.15, -0.1) is 0 Å². The largest absolute Gasteiger partial charge is 0.341 e. The highest BCUT2D eigenvalue weighted by Crippen LogP contribution is 2.26. The molecular weight excluding hydrogens is 262 g/mol. The Morgan fingerprint density at radius 2 is 2.00 bits per heavy atom. The Balaban J connectivity index is 1.65. The van der Waals surface area contributed by atoms with Crippen LogP contribution in [0.4, 0.5) is 0 Å². The summed E-state index contributed by atoms with van der Waals surface area (Å²) in [6, 6.07) is 10.0. The summed E-state index contributed by atoms with van der Waals surface area (Å²) in [7, 11) is 1.89. The molecule has 1 aliphatic carbocycles. The van der Waals surface area contributed by atoms with E-state index in [1.54, 1.807) is 0 Å². The highest BCUT2D eigenvalue weighted by atomic mass is 16.2. The lowest BCUT2D eigenvalue weighted by atomic mass is 10.1. The van der Waals surface area contributed by atoms with Crippen LogP contribution in [-0.4, -0.2) is 27.6 Å². The molecule has 0 N–H and O–H groups in total. The summed E-state index contributed by atoms with van der Waals surface area (Å²) >= 11 is 0. The van der Waals surface area contributed by atoms with E-state index in [0.29, 0.717) is 6.54 Å². The van der Waals surface area contributed by atoms with Gasteiger partial charge in [-0.3, -0.25) is 4.79 Å². The molecule has 0 spiro atoms. The molecule has 21 heavy (non-hydrogen) atoms. The van der Waals surface area contributed by atoms with Gasteiger partial charge in [-0.1, -0.05) is 31.0 Å². The smallest absolute Gasteiger partial charge is 0.225 e. The number of para-hydroxylation sites is 1. The molecule has 3 rings (SSSR count). The summed E-state index contributed by atoms with van der Waals surface area (Å²) in [5.74, 6) is 0.513. The number of amides is 1. The van der Waals surface area contributed by atoms with Gasteiger partial charge in [0.1, 0.15) is 0 Å². The van der Waals surface area contributed by atoms with Crippen LogP contribution in [0.5, 0.6) is 0 Å². The SMILES string of the molecule is CN(Cc1cnn(-c2ccccc2)c1)C(=O)C1CCCC1. The standard InChI is InChI=1S/C17H21N3O/c1-19(17(21)15-7-5-6-8-15)12-14-11-18-20(13-14)16-9-3-2-4-10-16/h2-4,9-11,13,15H,5-8,12H2,1H3. The van der Waals surface area contributed by atoms with Crippen LogP contribution in [0.3, 0.4) is 0 Å². The fraction of sp³-hybridized carbons (Fsp3) is 0.412. The normalized spacial score (nSPS) is 15.3. The summed E-state index contributed by atoms with van der Waals surface area (Å²) in [4.78, 5) is 14.2. The van der Waals surface area contributed by atoms with Crippen molar-refractivity contribution in [3.63, 3.8) is 0 Å². The highest BCUT2D eigenvalue weighted by molar-refractivity contribution is 5.78. The summed E-state index contributed by atoms with van der Waals surface area (Å²) in [6.07, 6.45) is 8.31. The van der Waals surface area contributed by atoms with Gasteiger partial charge in [-0.2, -0.15) is 5.10 Å². The van der Waals surface area contributed by atoms with E-state index in [0.717, 1.165) is 24.1 Å². The molecule has 1 aromatic heterocycles. The molecule has 0 saturated heterocycles. The maximum absolute atomic E-state index is 12.3. The number of aromatic nitrogens is 2. The monoisotopic (exact) mass is 283 g/mol. The van der Waals surface area contributed by atoms with E-state index in [-0.39, 0.29) is 11.8 Å². The molecule has 1 heterocycles. The van der Waals surface area contributed by atoms with Crippen LogP contribution >= 0.6 is 0 Å². The Morgan fingerprint density at radius 1 is 1.29 bits per heavy atom. The third-order valence-electron chi connectivity index (χ3n) is 4.16. The van der Waals surface area contributed by atoms with E-state index in [2.05, 4.69) is 5.10 Å². The Hall–Kier alpha value is -2.10. The van der Waals surface area contributed by atoms with Crippen molar-refractivity contribution in [1.82, 2.24) is 14.7 Å². The van der Waals surface area contributed by atoms with E-state index < -0.39 is 0 Å². The topological polar surface area (TPSA) is 38.1 Å². The van der Waals surface area contributed by atoms with Gasteiger partial charge in [0.25, 0.3) is 0 Å². The van der Waals surface area contributed by atoms with Gasteiger partial charge < -0.3 is 4.90 Å². The Bertz CT molecular complexity index is 600. The Kier molecular flexibility index (Phi) is 4.04. The molecular formula is C17H21N3O. The molecule has 1 saturated carbocycles. The van der Waals surface area contributed by atoms with Crippen molar-refractivity contribution in [1.29, 1.82) is 0 Å². The molecule has 1 aromatic carbocycles. The van der Waals surface area contributed by atoms with E-state index in [9.17, 15) is 4.79 Å². The summed E-state index contributed by atoms with van der Waals surface area (Å²) in [5, 5.41) is 4.38. The van der Waals surface area contributed by atoms with Crippen LogP contribution in [0, 0.1) is 5.92 Å². The predicted molar refractivity (Wildman–Crippen MR) is 82.0 cm³/mol. The van der Waals surface area contributed by atoms with Gasteiger partial charge in [0, 0.05) is 31.3 Å². The van der Waals surface area contributed by atoms with Crippen molar-refractivity contribution < 1.29 is 4.79 Å². The van der Waals surface area contributed by atoms with Gasteiger partial charge in [0.2, 0.25) is 5.91 Å². The van der Waals surface area contributed by atoms with E-state index >= 15 is 0 Å². The molecule has 1 amide bonds. The molecule has 2 aromatic rings. The van der Waals surface area contributed by atoms with Crippen molar-refractivity contribution in [2.75, 3.05) is 7.05 Å². The lowest BCUT2D eigenvalue weighted by Crippen LogP contribution is -2.31. The molecule has 0 bridgehead atoms. The summed E-state index contributed by atoms with van der Waals surface area (Å²) < 4.78 is 1.85. The van der Waals surface area contributed by atoms with Crippen LogP contribution < -0.4 is 0 Å². The third-order valence-corrected chi connectivity index (χ3v) is 4.16. The number of benzene rings is 1. The zero-order chi connectivity index (χ0) is 14.7. The van der Waals surface area contributed by atoms with Crippen LogP contribution in [0.1, 0.15) is 31.2 Å². The minimum atomic E-state index is 0.235. The first-order valence-corrected chi connectivity index (χ1v) is 7.58. The zero-order valence-corrected chi connectivity index (χ0v) is 12.4. The number of hydrogen-bond donors (Lipinski definition) is 0. The molecule has 0 atom stereocenters. The van der Waals surface area contributed by atoms with Crippen LogP contribution in [0.2, 0.25) is 0 Å². The van der Waals surface area contributed by atoms with Crippen molar-refractivity contribution in [3.8, 4) is 5.69 Å². The molecule has 1 aliphatic rings. The van der Waals surface area contributed by atoms with Crippen LogP contribution in [0.25, 0.3) is 5.69 Å². The minimum Gasteiger partial charge on any atom is -0.341 e. The number of hydrogen-bond acceptors (Lipinski definition) is 2. The first kappa shape index (κ1) is 13.9. The van der Waals surface area contributed by atoms with Crippen molar-refractivity contribution in [2.45, 2.75) is 32.2 Å². The average molecular weight is 283 g/mol. The molecule has 4 heteroatoms. The lowest BCUT2D eigenvalue weighted by molar-refractivity contribution is -0.134. The lowest BCUT2D eigenvalue weighted by Gasteiger charge is -2.20. The first-order chi connectivity index (χ1) is 10.2. The summed E-state index contributed by atoms with van der Waals surface area (Å²) in [5.41, 5.74) is 2.10. The Labute approximate surface area is 125 Å². The van der Waals surface area contributed by atoms with Crippen molar-refractivity contribution in [2.24, 2.45) is 5.92 Å². The highest BCUT2D eigenvalue weighted by Gasteiger charge is 2.25. The first-order valence-electron chi connectivity index (χ1n) is 7.58. The minimum absolute atomic E-state index is 0.235.